The quantitative estimate of drug-likeness (QED) is 0.570. The van der Waals surface area contributed by atoms with Crippen LogP contribution in [0, 0.1) is 0 Å². The van der Waals surface area contributed by atoms with Gasteiger partial charge in [0.1, 0.15) is 5.75 Å². The van der Waals surface area contributed by atoms with Gasteiger partial charge in [-0.05, 0) is 42.1 Å². The Labute approximate surface area is 174 Å². The summed E-state index contributed by atoms with van der Waals surface area (Å²) in [4.78, 5) is 27.2. The van der Waals surface area contributed by atoms with Crippen molar-refractivity contribution in [2.24, 2.45) is 0 Å². The van der Waals surface area contributed by atoms with Gasteiger partial charge in [0.25, 0.3) is 11.1 Å². The van der Waals surface area contributed by atoms with Gasteiger partial charge in [-0.15, -0.1) is 0 Å². The topological polar surface area (TPSA) is 58.6 Å². The Bertz CT molecular complexity index is 962. The standard InChI is InChI=1S/C23H22N2O3S/c1-25(2)23(27)29-20-15-9-12-18(16-20)24-22(26)21(17-10-5-3-6-11-17)28-19-13-7-4-8-14-19/h3-16,21H,1-2H3,(H,24,26). The van der Waals surface area contributed by atoms with Crippen LogP contribution in [0.4, 0.5) is 10.5 Å². The molecule has 3 aromatic carbocycles. The molecular weight excluding hydrogens is 384 g/mol. The molecule has 0 aromatic heterocycles. The van der Waals surface area contributed by atoms with E-state index in [2.05, 4.69) is 5.32 Å². The number of benzene rings is 3. The first-order valence-electron chi connectivity index (χ1n) is 9.09. The Morgan fingerprint density at radius 3 is 2.21 bits per heavy atom. The summed E-state index contributed by atoms with van der Waals surface area (Å²) in [5.41, 5.74) is 1.35. The van der Waals surface area contributed by atoms with Gasteiger partial charge in [0, 0.05) is 30.2 Å². The molecule has 148 valence electrons. The van der Waals surface area contributed by atoms with Gasteiger partial charge in [-0.2, -0.15) is 0 Å². The number of carbonyl (C=O) groups excluding carboxylic acids is 2. The van der Waals surface area contributed by atoms with E-state index in [0.29, 0.717) is 11.4 Å². The van der Waals surface area contributed by atoms with E-state index >= 15 is 0 Å². The highest BCUT2D eigenvalue weighted by Gasteiger charge is 2.23. The average Bonchev–Trinajstić information content (AvgIpc) is 2.73. The predicted molar refractivity (Wildman–Crippen MR) is 116 cm³/mol. The van der Waals surface area contributed by atoms with E-state index in [1.54, 1.807) is 32.3 Å². The summed E-state index contributed by atoms with van der Waals surface area (Å²) in [7, 11) is 3.40. The van der Waals surface area contributed by atoms with Crippen LogP contribution < -0.4 is 10.1 Å². The van der Waals surface area contributed by atoms with E-state index in [0.717, 1.165) is 22.2 Å². The smallest absolute Gasteiger partial charge is 0.285 e. The normalized spacial score (nSPS) is 11.4. The van der Waals surface area contributed by atoms with Crippen LogP contribution in [0.3, 0.4) is 0 Å². The number of thioether (sulfide) groups is 1. The molecule has 0 fully saturated rings. The van der Waals surface area contributed by atoms with Gasteiger partial charge in [0.05, 0.1) is 0 Å². The minimum Gasteiger partial charge on any atom is -0.476 e. The van der Waals surface area contributed by atoms with Crippen molar-refractivity contribution in [1.29, 1.82) is 0 Å². The van der Waals surface area contributed by atoms with Crippen molar-refractivity contribution in [3.8, 4) is 5.75 Å². The number of amides is 2. The van der Waals surface area contributed by atoms with E-state index in [1.165, 1.54) is 4.90 Å². The summed E-state index contributed by atoms with van der Waals surface area (Å²) in [6.45, 7) is 0. The van der Waals surface area contributed by atoms with Gasteiger partial charge in [-0.25, -0.2) is 0 Å². The van der Waals surface area contributed by atoms with E-state index in [4.69, 9.17) is 4.74 Å². The van der Waals surface area contributed by atoms with Crippen molar-refractivity contribution in [2.45, 2.75) is 11.0 Å². The fourth-order valence-electron chi connectivity index (χ4n) is 2.57. The monoisotopic (exact) mass is 406 g/mol. The van der Waals surface area contributed by atoms with E-state index in [9.17, 15) is 9.59 Å². The van der Waals surface area contributed by atoms with Crippen molar-refractivity contribution in [1.82, 2.24) is 4.90 Å². The first kappa shape index (κ1) is 20.5. The molecule has 0 heterocycles. The molecule has 3 aromatic rings. The highest BCUT2D eigenvalue weighted by Crippen LogP contribution is 2.26. The molecule has 3 rings (SSSR count). The highest BCUT2D eigenvalue weighted by atomic mass is 32.2. The minimum absolute atomic E-state index is 0.0805. The van der Waals surface area contributed by atoms with Crippen LogP contribution in [0.5, 0.6) is 5.75 Å². The molecule has 2 amide bonds. The molecule has 1 unspecified atom stereocenters. The lowest BCUT2D eigenvalue weighted by Crippen LogP contribution is -2.25. The molecule has 6 heteroatoms. The van der Waals surface area contributed by atoms with Gasteiger partial charge in [-0.1, -0.05) is 54.6 Å². The molecule has 0 aliphatic carbocycles. The number of hydrogen-bond acceptors (Lipinski definition) is 4. The van der Waals surface area contributed by atoms with E-state index in [-0.39, 0.29) is 11.1 Å². The Kier molecular flexibility index (Phi) is 6.92. The van der Waals surface area contributed by atoms with Crippen LogP contribution in [0.25, 0.3) is 0 Å². The number of hydrogen-bond donors (Lipinski definition) is 1. The van der Waals surface area contributed by atoms with Crippen molar-refractivity contribution in [3.63, 3.8) is 0 Å². The second kappa shape index (κ2) is 9.80. The number of nitrogens with one attached hydrogen (secondary N) is 1. The summed E-state index contributed by atoms with van der Waals surface area (Å²) < 4.78 is 5.98. The molecule has 0 bridgehead atoms. The first-order chi connectivity index (χ1) is 14.0. The predicted octanol–water partition coefficient (Wildman–Crippen LogP) is 5.22. The number of anilines is 1. The summed E-state index contributed by atoms with van der Waals surface area (Å²) in [5.74, 6) is 0.318. The summed E-state index contributed by atoms with van der Waals surface area (Å²) >= 11 is 1.10. The lowest BCUT2D eigenvalue weighted by atomic mass is 10.1. The third-order valence-corrected chi connectivity index (χ3v) is 5.04. The molecule has 1 N–H and O–H groups in total. The number of ether oxygens (including phenoxy) is 1. The van der Waals surface area contributed by atoms with Crippen molar-refractivity contribution in [3.05, 3.63) is 90.5 Å². The lowest BCUT2D eigenvalue weighted by molar-refractivity contribution is -0.123. The fourth-order valence-corrected chi connectivity index (χ4v) is 3.29. The number of carbonyl (C=O) groups is 2. The molecule has 0 aliphatic rings. The minimum atomic E-state index is -0.807. The molecule has 0 saturated carbocycles. The van der Waals surface area contributed by atoms with Crippen molar-refractivity contribution < 1.29 is 14.3 Å². The third-order valence-electron chi connectivity index (χ3n) is 4.01. The highest BCUT2D eigenvalue weighted by molar-refractivity contribution is 8.13. The number of para-hydroxylation sites is 1. The van der Waals surface area contributed by atoms with Crippen LogP contribution >= 0.6 is 11.8 Å². The van der Waals surface area contributed by atoms with E-state index < -0.39 is 6.10 Å². The summed E-state index contributed by atoms with van der Waals surface area (Å²) in [6.07, 6.45) is -0.807. The number of rotatable bonds is 6. The zero-order valence-corrected chi connectivity index (χ0v) is 17.1. The largest absolute Gasteiger partial charge is 0.476 e. The van der Waals surface area contributed by atoms with Crippen LogP contribution in [0.15, 0.2) is 89.8 Å². The summed E-state index contributed by atoms with van der Waals surface area (Å²) in [5, 5.41) is 2.82. The molecular formula is C23H22N2O3S. The van der Waals surface area contributed by atoms with Crippen LogP contribution in [0.2, 0.25) is 0 Å². The number of nitrogens with zero attached hydrogens (tertiary/aromatic N) is 1. The van der Waals surface area contributed by atoms with Gasteiger partial charge in [0.15, 0.2) is 0 Å². The Balaban J connectivity index is 1.79. The van der Waals surface area contributed by atoms with Gasteiger partial charge >= 0.3 is 0 Å². The maximum absolute atomic E-state index is 13.0. The average molecular weight is 407 g/mol. The van der Waals surface area contributed by atoms with Crippen LogP contribution in [-0.2, 0) is 4.79 Å². The first-order valence-corrected chi connectivity index (χ1v) is 9.91. The Morgan fingerprint density at radius 2 is 1.55 bits per heavy atom. The second-order valence-electron chi connectivity index (χ2n) is 6.50. The fraction of sp³-hybridized carbons (Fsp3) is 0.130. The van der Waals surface area contributed by atoms with Gasteiger partial charge < -0.3 is 15.0 Å². The molecule has 0 radical (unpaired) electrons. The lowest BCUT2D eigenvalue weighted by Gasteiger charge is -2.19. The second-order valence-corrected chi connectivity index (χ2v) is 7.53. The SMILES string of the molecule is CN(C)C(=O)Sc1cccc(NC(=O)C(Oc2ccccc2)c2ccccc2)c1. The zero-order valence-electron chi connectivity index (χ0n) is 16.2. The Morgan fingerprint density at radius 1 is 0.897 bits per heavy atom. The zero-order chi connectivity index (χ0) is 20.6. The van der Waals surface area contributed by atoms with Crippen molar-refractivity contribution >= 4 is 28.6 Å². The molecule has 0 aliphatic heterocycles. The van der Waals surface area contributed by atoms with Crippen molar-refractivity contribution in [2.75, 3.05) is 19.4 Å². The maximum Gasteiger partial charge on any atom is 0.285 e. The maximum atomic E-state index is 13.0. The molecule has 29 heavy (non-hydrogen) atoms. The van der Waals surface area contributed by atoms with Gasteiger partial charge in [-0.3, -0.25) is 9.59 Å². The third kappa shape index (κ3) is 5.86. The van der Waals surface area contributed by atoms with Crippen LogP contribution in [-0.4, -0.2) is 30.1 Å². The molecule has 0 spiro atoms. The van der Waals surface area contributed by atoms with E-state index in [1.807, 2.05) is 66.7 Å². The summed E-state index contributed by atoms with van der Waals surface area (Å²) in [6, 6.07) is 25.8. The Hall–Kier alpha value is -3.25. The molecule has 1 atom stereocenters. The van der Waals surface area contributed by atoms with Crippen LogP contribution in [0.1, 0.15) is 11.7 Å². The van der Waals surface area contributed by atoms with Gasteiger partial charge in [0.2, 0.25) is 6.10 Å². The molecule has 5 nitrogen and oxygen atoms in total. The molecule has 0 saturated heterocycles.